The molecule has 192 valence electrons. The number of anilines is 4. The van der Waals surface area contributed by atoms with Crippen molar-refractivity contribution >= 4 is 36.6 Å². The maximum Gasteiger partial charge on any atom is 0.421 e. The number of halogens is 4. The van der Waals surface area contributed by atoms with Gasteiger partial charge in [-0.05, 0) is 35.9 Å². The molecule has 0 aliphatic carbocycles. The summed E-state index contributed by atoms with van der Waals surface area (Å²) in [6.07, 6.45) is -4.88. The van der Waals surface area contributed by atoms with Crippen molar-refractivity contribution in [3.8, 4) is 5.75 Å². The number of benzene rings is 2. The van der Waals surface area contributed by atoms with Crippen LogP contribution in [0.5, 0.6) is 5.75 Å². The second-order valence-corrected chi connectivity index (χ2v) is 8.98. The molecule has 36 heavy (non-hydrogen) atoms. The topological polar surface area (TPSA) is 146 Å². The largest absolute Gasteiger partial charge is 0.495 e. The van der Waals surface area contributed by atoms with Crippen molar-refractivity contribution in [1.82, 2.24) is 15.3 Å². The summed E-state index contributed by atoms with van der Waals surface area (Å²) in [5.41, 5.74) is -1.17. The van der Waals surface area contributed by atoms with Crippen molar-refractivity contribution in [3.63, 3.8) is 0 Å². The number of carbonyl (C=O) groups is 1. The molecule has 10 nitrogen and oxygen atoms in total. The second kappa shape index (κ2) is 10.5. The number of methoxy groups -OCH3 is 1. The Bertz CT molecular complexity index is 1330. The number of hydrogen-bond donors (Lipinski definition) is 5. The molecule has 0 atom stereocenters. The van der Waals surface area contributed by atoms with Crippen LogP contribution in [0.15, 0.2) is 42.6 Å². The maximum atomic E-state index is 13.7. The molecular formula is C21H20F4N5O5P. The lowest BCUT2D eigenvalue weighted by molar-refractivity contribution is -0.137. The van der Waals surface area contributed by atoms with Gasteiger partial charge < -0.3 is 30.5 Å². The van der Waals surface area contributed by atoms with Crippen LogP contribution in [0.2, 0.25) is 0 Å². The minimum Gasteiger partial charge on any atom is -0.495 e. The van der Waals surface area contributed by atoms with Crippen LogP contribution in [-0.2, 0) is 16.9 Å². The number of nitrogens with zero attached hydrogens (tertiary/aromatic N) is 2. The highest BCUT2D eigenvalue weighted by Gasteiger charge is 2.35. The Morgan fingerprint density at radius 2 is 1.81 bits per heavy atom. The molecule has 0 unspecified atom stereocenters. The molecule has 5 N–H and O–H groups in total. The SMILES string of the molecule is CNC(=O)c1cc(F)ccc1Nc1nc(Nc2ccc(CP(=O)(O)O)cc2OC)ncc1C(F)(F)F. The van der Waals surface area contributed by atoms with Crippen LogP contribution in [0.1, 0.15) is 21.5 Å². The number of nitrogens with one attached hydrogen (secondary N) is 3. The molecule has 0 saturated heterocycles. The zero-order valence-corrected chi connectivity index (χ0v) is 19.6. The maximum absolute atomic E-state index is 13.7. The number of alkyl halides is 3. The van der Waals surface area contributed by atoms with Crippen LogP contribution in [0.4, 0.5) is 40.7 Å². The summed E-state index contributed by atoms with van der Waals surface area (Å²) in [5, 5.41) is 7.39. The van der Waals surface area contributed by atoms with Gasteiger partial charge in [-0.1, -0.05) is 6.07 Å². The summed E-state index contributed by atoms with van der Waals surface area (Å²) in [6, 6.07) is 7.05. The van der Waals surface area contributed by atoms with Gasteiger partial charge in [-0.25, -0.2) is 9.37 Å². The molecule has 3 rings (SSSR count). The van der Waals surface area contributed by atoms with Gasteiger partial charge in [-0.3, -0.25) is 9.36 Å². The van der Waals surface area contributed by atoms with Crippen molar-refractivity contribution in [2.45, 2.75) is 12.3 Å². The molecule has 1 heterocycles. The van der Waals surface area contributed by atoms with Crippen LogP contribution < -0.4 is 20.7 Å². The average Bonchev–Trinajstić information content (AvgIpc) is 2.79. The molecule has 0 aliphatic heterocycles. The lowest BCUT2D eigenvalue weighted by Crippen LogP contribution is -2.20. The first-order chi connectivity index (χ1) is 16.8. The van der Waals surface area contributed by atoms with E-state index >= 15 is 0 Å². The molecule has 0 radical (unpaired) electrons. The van der Waals surface area contributed by atoms with Gasteiger partial charge in [0.05, 0.1) is 30.2 Å². The van der Waals surface area contributed by atoms with E-state index in [-0.39, 0.29) is 34.2 Å². The van der Waals surface area contributed by atoms with Gasteiger partial charge in [0.25, 0.3) is 5.91 Å². The average molecular weight is 529 g/mol. The number of carbonyl (C=O) groups excluding carboxylic acids is 1. The van der Waals surface area contributed by atoms with E-state index in [1.165, 1.54) is 32.4 Å². The fourth-order valence-corrected chi connectivity index (χ4v) is 3.79. The Hall–Kier alpha value is -3.74. The highest BCUT2D eigenvalue weighted by Crippen LogP contribution is 2.41. The van der Waals surface area contributed by atoms with Crippen LogP contribution >= 0.6 is 7.60 Å². The van der Waals surface area contributed by atoms with Gasteiger partial charge in [0.15, 0.2) is 0 Å². The molecule has 0 saturated carbocycles. The summed E-state index contributed by atoms with van der Waals surface area (Å²) in [5.74, 6) is -2.39. The lowest BCUT2D eigenvalue weighted by atomic mass is 10.1. The highest BCUT2D eigenvalue weighted by atomic mass is 31.2. The fourth-order valence-electron chi connectivity index (χ4n) is 3.12. The Balaban J connectivity index is 2.01. The Labute approximate surface area is 201 Å². The Morgan fingerprint density at radius 1 is 1.11 bits per heavy atom. The number of rotatable bonds is 8. The molecule has 0 fully saturated rings. The van der Waals surface area contributed by atoms with Crippen molar-refractivity contribution in [1.29, 1.82) is 0 Å². The van der Waals surface area contributed by atoms with Crippen LogP contribution in [0, 0.1) is 5.82 Å². The first kappa shape index (κ1) is 26.9. The van der Waals surface area contributed by atoms with E-state index in [4.69, 9.17) is 14.5 Å². The summed E-state index contributed by atoms with van der Waals surface area (Å²) >= 11 is 0. The minimum absolute atomic E-state index is 0.124. The summed E-state index contributed by atoms with van der Waals surface area (Å²) in [7, 11) is -1.78. The molecule has 0 aliphatic rings. The van der Waals surface area contributed by atoms with E-state index in [0.717, 1.165) is 18.2 Å². The van der Waals surface area contributed by atoms with E-state index in [0.29, 0.717) is 6.20 Å². The molecule has 15 heteroatoms. The van der Waals surface area contributed by atoms with Gasteiger partial charge in [0, 0.05) is 13.2 Å². The molecule has 1 amide bonds. The van der Waals surface area contributed by atoms with Crippen molar-refractivity contribution < 1.29 is 41.4 Å². The fraction of sp³-hybridized carbons (Fsp3) is 0.190. The second-order valence-electron chi connectivity index (χ2n) is 7.33. The monoisotopic (exact) mass is 529 g/mol. The number of hydrogen-bond acceptors (Lipinski definition) is 7. The third-order valence-corrected chi connectivity index (χ3v) is 5.48. The number of amides is 1. The zero-order chi connectivity index (χ0) is 26.7. The van der Waals surface area contributed by atoms with Crippen molar-refractivity contribution in [3.05, 3.63) is 65.1 Å². The number of aromatic nitrogens is 2. The number of ether oxygens (including phenoxy) is 1. The third-order valence-electron chi connectivity index (χ3n) is 4.70. The normalized spacial score (nSPS) is 11.7. The van der Waals surface area contributed by atoms with Crippen molar-refractivity contribution in [2.24, 2.45) is 0 Å². The molecule has 3 aromatic rings. The summed E-state index contributed by atoms with van der Waals surface area (Å²) < 4.78 is 71.0. The van der Waals surface area contributed by atoms with Gasteiger partial charge in [0.2, 0.25) is 5.95 Å². The Morgan fingerprint density at radius 3 is 2.42 bits per heavy atom. The molecular weight excluding hydrogens is 509 g/mol. The van der Waals surface area contributed by atoms with E-state index in [9.17, 15) is 26.9 Å². The molecule has 0 spiro atoms. The van der Waals surface area contributed by atoms with Crippen LogP contribution in [0.3, 0.4) is 0 Å². The lowest BCUT2D eigenvalue weighted by Gasteiger charge is -2.17. The van der Waals surface area contributed by atoms with E-state index < -0.39 is 43.0 Å². The first-order valence-electron chi connectivity index (χ1n) is 10.0. The van der Waals surface area contributed by atoms with Gasteiger partial charge in [-0.2, -0.15) is 18.2 Å². The zero-order valence-electron chi connectivity index (χ0n) is 18.7. The van der Waals surface area contributed by atoms with Gasteiger partial charge in [0.1, 0.15) is 22.9 Å². The standard InChI is InChI=1S/C21H20F4N5O5P/c1-26-19(31)13-8-12(22)4-6-15(13)28-18-14(21(23,24)25)9-27-20(30-18)29-16-5-3-11(7-17(16)35-2)10-36(32,33)34/h3-9H,10H2,1-2H3,(H,26,31)(H2,32,33,34)(H2,27,28,29,30). The predicted molar refractivity (Wildman–Crippen MR) is 122 cm³/mol. The van der Waals surface area contributed by atoms with Crippen LogP contribution in [-0.4, -0.2) is 39.8 Å². The predicted octanol–water partition coefficient (Wildman–Crippen LogP) is 4.17. The highest BCUT2D eigenvalue weighted by molar-refractivity contribution is 7.50. The molecule has 0 bridgehead atoms. The van der Waals surface area contributed by atoms with E-state index in [1.54, 1.807) is 0 Å². The van der Waals surface area contributed by atoms with E-state index in [2.05, 4.69) is 25.9 Å². The molecule has 2 aromatic carbocycles. The summed E-state index contributed by atoms with van der Waals surface area (Å²) in [6.45, 7) is 0. The quantitative estimate of drug-likeness (QED) is 0.214. The molecule has 1 aromatic heterocycles. The third kappa shape index (κ3) is 6.68. The van der Waals surface area contributed by atoms with Crippen LogP contribution in [0.25, 0.3) is 0 Å². The first-order valence-corrected chi connectivity index (χ1v) is 11.8. The Kier molecular flexibility index (Phi) is 7.82. The smallest absolute Gasteiger partial charge is 0.421 e. The minimum atomic E-state index is -4.87. The van der Waals surface area contributed by atoms with Gasteiger partial charge >= 0.3 is 13.8 Å². The summed E-state index contributed by atoms with van der Waals surface area (Å²) in [4.78, 5) is 38.0. The van der Waals surface area contributed by atoms with Gasteiger partial charge in [-0.15, -0.1) is 0 Å². The van der Waals surface area contributed by atoms with Crippen molar-refractivity contribution in [2.75, 3.05) is 24.8 Å². The van der Waals surface area contributed by atoms with E-state index in [1.807, 2.05) is 0 Å².